The molecule has 3 aromatic rings. The van der Waals surface area contributed by atoms with Crippen LogP contribution in [0.3, 0.4) is 0 Å². The molecule has 1 aliphatic heterocycles. The van der Waals surface area contributed by atoms with Gasteiger partial charge in [-0.05, 0) is 29.7 Å². The average Bonchev–Trinajstić information content (AvgIpc) is 3.22. The Hall–Kier alpha value is -2.68. The van der Waals surface area contributed by atoms with Crippen LogP contribution in [-0.4, -0.2) is 27.7 Å². The van der Waals surface area contributed by atoms with Gasteiger partial charge in [-0.15, -0.1) is 6.42 Å². The van der Waals surface area contributed by atoms with E-state index in [-0.39, 0.29) is 6.23 Å². The third-order valence-electron chi connectivity index (χ3n) is 3.71. The second-order valence-corrected chi connectivity index (χ2v) is 5.08. The molecule has 0 amide bonds. The van der Waals surface area contributed by atoms with Gasteiger partial charge in [0.1, 0.15) is 17.6 Å². The number of imidazole rings is 1. The Labute approximate surface area is 127 Å². The van der Waals surface area contributed by atoms with Crippen LogP contribution in [-0.2, 0) is 4.74 Å². The summed E-state index contributed by atoms with van der Waals surface area (Å²) in [5.41, 5.74) is 4.22. The van der Waals surface area contributed by atoms with Crippen LogP contribution in [0.1, 0.15) is 17.5 Å². The Bertz CT molecular complexity index is 872. The summed E-state index contributed by atoms with van der Waals surface area (Å²) in [5, 5.41) is 7.68. The molecule has 0 radical (unpaired) electrons. The van der Waals surface area contributed by atoms with Crippen molar-refractivity contribution in [2.45, 2.75) is 6.23 Å². The molecule has 5 heteroatoms. The highest BCUT2D eigenvalue weighted by Gasteiger charge is 2.19. The van der Waals surface area contributed by atoms with E-state index in [1.165, 1.54) is 0 Å². The molecule has 1 saturated heterocycles. The Kier molecular flexibility index (Phi) is 3.11. The maximum absolute atomic E-state index is 5.67. The number of terminal acetylenes is 1. The minimum absolute atomic E-state index is 0.0682. The van der Waals surface area contributed by atoms with Crippen molar-refractivity contribution in [1.29, 1.82) is 0 Å². The number of aromatic nitrogens is 3. The van der Waals surface area contributed by atoms with Gasteiger partial charge < -0.3 is 4.74 Å². The number of benzene rings is 1. The number of hydrogen-bond donors (Lipinski definition) is 1. The van der Waals surface area contributed by atoms with Crippen LogP contribution in [0.5, 0.6) is 0 Å². The molecule has 1 fully saturated rings. The Morgan fingerprint density at radius 2 is 2.27 bits per heavy atom. The summed E-state index contributed by atoms with van der Waals surface area (Å²) in [6.45, 7) is 1.59. The maximum Gasteiger partial charge on any atom is 0.155 e. The lowest BCUT2D eigenvalue weighted by molar-refractivity contribution is 0.102. The molecule has 1 atom stereocenters. The fraction of sp³-hybridized carbons (Fsp3) is 0.176. The van der Waals surface area contributed by atoms with E-state index in [1.54, 1.807) is 10.7 Å². The molecule has 108 valence electrons. The molecule has 4 rings (SSSR count). The summed E-state index contributed by atoms with van der Waals surface area (Å²) in [6, 6.07) is 11.9. The molecule has 1 N–H and O–H groups in total. The molecule has 22 heavy (non-hydrogen) atoms. The molecule has 1 unspecified atom stereocenters. The van der Waals surface area contributed by atoms with Crippen molar-refractivity contribution in [1.82, 2.24) is 19.9 Å². The Balaban J connectivity index is 1.88. The van der Waals surface area contributed by atoms with Crippen LogP contribution < -0.4 is 5.32 Å². The van der Waals surface area contributed by atoms with Crippen LogP contribution >= 0.6 is 0 Å². The number of ether oxygens (including phenoxy) is 1. The molecule has 1 aromatic carbocycles. The van der Waals surface area contributed by atoms with Crippen molar-refractivity contribution in [2.75, 3.05) is 13.2 Å². The number of hydrogen-bond acceptors (Lipinski definition) is 4. The highest BCUT2D eigenvalue weighted by atomic mass is 16.5. The number of nitrogens with one attached hydrogen (secondary N) is 1. The molecule has 0 bridgehead atoms. The monoisotopic (exact) mass is 290 g/mol. The number of fused-ring (bicyclic) bond motifs is 1. The third-order valence-corrected chi connectivity index (χ3v) is 3.71. The quantitative estimate of drug-likeness (QED) is 0.733. The van der Waals surface area contributed by atoms with E-state index in [1.807, 2.05) is 30.3 Å². The van der Waals surface area contributed by atoms with E-state index in [9.17, 15) is 0 Å². The van der Waals surface area contributed by atoms with Crippen molar-refractivity contribution in [3.63, 3.8) is 0 Å². The lowest BCUT2D eigenvalue weighted by Crippen LogP contribution is -2.13. The van der Waals surface area contributed by atoms with Crippen LogP contribution in [0.25, 0.3) is 16.9 Å². The fourth-order valence-electron chi connectivity index (χ4n) is 2.74. The van der Waals surface area contributed by atoms with Gasteiger partial charge in [0, 0.05) is 18.3 Å². The van der Waals surface area contributed by atoms with Crippen molar-refractivity contribution < 1.29 is 4.74 Å². The summed E-state index contributed by atoms with van der Waals surface area (Å²) < 4.78 is 7.44. The largest absolute Gasteiger partial charge is 0.358 e. The third kappa shape index (κ3) is 2.06. The molecular weight excluding hydrogens is 276 g/mol. The molecule has 3 heterocycles. The molecule has 2 aromatic heterocycles. The average molecular weight is 290 g/mol. The Morgan fingerprint density at radius 3 is 3.09 bits per heavy atom. The van der Waals surface area contributed by atoms with Crippen molar-refractivity contribution in [2.24, 2.45) is 0 Å². The summed E-state index contributed by atoms with van der Waals surface area (Å²) in [6.07, 6.45) is 7.28. The van der Waals surface area contributed by atoms with E-state index in [2.05, 4.69) is 27.4 Å². The van der Waals surface area contributed by atoms with Gasteiger partial charge in [-0.2, -0.15) is 5.10 Å². The standard InChI is InChI=1S/C17H14N4O/c1-2-14-16(21-15(20-14)7-4-8-19-21)12-5-3-6-13(11-12)17-18-9-10-22-17/h1,3-8,11,17-18H,9-10H2. The van der Waals surface area contributed by atoms with Crippen LogP contribution in [0.4, 0.5) is 0 Å². The van der Waals surface area contributed by atoms with E-state index in [0.717, 1.165) is 35.6 Å². The number of nitrogens with zero attached hydrogens (tertiary/aromatic N) is 3. The molecule has 1 aliphatic rings. The van der Waals surface area contributed by atoms with Gasteiger partial charge in [0.25, 0.3) is 0 Å². The van der Waals surface area contributed by atoms with Crippen LogP contribution in [0.15, 0.2) is 42.6 Å². The highest BCUT2D eigenvalue weighted by molar-refractivity contribution is 5.70. The lowest BCUT2D eigenvalue weighted by Gasteiger charge is -2.11. The first-order valence-corrected chi connectivity index (χ1v) is 7.12. The van der Waals surface area contributed by atoms with Gasteiger partial charge in [-0.25, -0.2) is 9.50 Å². The molecule has 0 aliphatic carbocycles. The first-order chi connectivity index (χ1) is 10.9. The zero-order chi connectivity index (χ0) is 14.9. The van der Waals surface area contributed by atoms with Gasteiger partial charge in [-0.3, -0.25) is 5.32 Å². The molecule has 0 saturated carbocycles. The minimum Gasteiger partial charge on any atom is -0.358 e. The van der Waals surface area contributed by atoms with Gasteiger partial charge >= 0.3 is 0 Å². The maximum atomic E-state index is 5.67. The van der Waals surface area contributed by atoms with E-state index in [0.29, 0.717) is 5.69 Å². The SMILES string of the molecule is C#Cc1nc2cccnn2c1-c1cccc(C2NCCO2)c1. The predicted octanol–water partition coefficient (Wildman–Crippen LogP) is 2.00. The Morgan fingerprint density at radius 1 is 1.32 bits per heavy atom. The zero-order valence-corrected chi connectivity index (χ0v) is 11.9. The summed E-state index contributed by atoms with van der Waals surface area (Å²) in [4.78, 5) is 4.45. The van der Waals surface area contributed by atoms with E-state index >= 15 is 0 Å². The van der Waals surface area contributed by atoms with Gasteiger partial charge in [0.15, 0.2) is 5.65 Å². The van der Waals surface area contributed by atoms with Gasteiger partial charge in [0.05, 0.1) is 6.61 Å². The topological polar surface area (TPSA) is 51.5 Å². The first kappa shape index (κ1) is 13.0. The van der Waals surface area contributed by atoms with Crippen molar-refractivity contribution in [3.8, 4) is 23.6 Å². The summed E-state index contributed by atoms with van der Waals surface area (Å²) >= 11 is 0. The fourth-order valence-corrected chi connectivity index (χ4v) is 2.74. The summed E-state index contributed by atoms with van der Waals surface area (Å²) in [5.74, 6) is 2.65. The molecule has 0 spiro atoms. The van der Waals surface area contributed by atoms with E-state index < -0.39 is 0 Å². The smallest absolute Gasteiger partial charge is 0.155 e. The van der Waals surface area contributed by atoms with Crippen molar-refractivity contribution in [3.05, 3.63) is 53.9 Å². The predicted molar refractivity (Wildman–Crippen MR) is 83.1 cm³/mol. The first-order valence-electron chi connectivity index (χ1n) is 7.12. The van der Waals surface area contributed by atoms with Crippen molar-refractivity contribution >= 4 is 5.65 Å². The summed E-state index contributed by atoms with van der Waals surface area (Å²) in [7, 11) is 0. The zero-order valence-electron chi connectivity index (χ0n) is 11.9. The van der Waals surface area contributed by atoms with E-state index in [4.69, 9.17) is 11.2 Å². The molecule has 5 nitrogen and oxygen atoms in total. The minimum atomic E-state index is -0.0682. The van der Waals surface area contributed by atoms with Crippen LogP contribution in [0, 0.1) is 12.3 Å². The lowest BCUT2D eigenvalue weighted by atomic mass is 10.1. The van der Waals surface area contributed by atoms with Gasteiger partial charge in [0.2, 0.25) is 0 Å². The van der Waals surface area contributed by atoms with Crippen LogP contribution in [0.2, 0.25) is 0 Å². The highest BCUT2D eigenvalue weighted by Crippen LogP contribution is 2.27. The number of rotatable bonds is 2. The molecular formula is C17H14N4O. The van der Waals surface area contributed by atoms with Gasteiger partial charge in [-0.1, -0.05) is 18.2 Å². The normalized spacial score (nSPS) is 17.7. The second-order valence-electron chi connectivity index (χ2n) is 5.08. The second kappa shape index (κ2) is 5.26.